The SMILES string of the molecule is Cl.Cl.Clc1ccc(SC2CCNC2)cc1Cl.Clc1ccc(SC2CCNC2)cc1Cl.O. The molecule has 4 rings (SSSR count). The summed E-state index contributed by atoms with van der Waals surface area (Å²) in [5.41, 5.74) is 0. The van der Waals surface area contributed by atoms with Gasteiger partial charge in [0.2, 0.25) is 0 Å². The number of hydrogen-bond donors (Lipinski definition) is 2. The van der Waals surface area contributed by atoms with Crippen molar-refractivity contribution < 1.29 is 5.48 Å². The standard InChI is InChI=1S/2C10H11Cl2NS.2ClH.H2O/c2*11-9-2-1-7(5-10(9)12)14-8-3-4-13-6-8;;;/h2*1-2,5,8,13H,3-4,6H2;2*1H;1H2. The van der Waals surface area contributed by atoms with Gasteiger partial charge in [-0.05, 0) is 62.3 Å². The molecule has 4 N–H and O–H groups in total. The van der Waals surface area contributed by atoms with Gasteiger partial charge in [0.05, 0.1) is 20.1 Å². The van der Waals surface area contributed by atoms with Gasteiger partial charge in [0.15, 0.2) is 0 Å². The van der Waals surface area contributed by atoms with Gasteiger partial charge in [0.25, 0.3) is 0 Å². The zero-order valence-corrected chi connectivity index (χ0v) is 22.8. The maximum atomic E-state index is 5.94. The number of thioether (sulfide) groups is 2. The maximum Gasteiger partial charge on any atom is 0.0603 e. The van der Waals surface area contributed by atoms with Gasteiger partial charge in [-0.1, -0.05) is 46.4 Å². The van der Waals surface area contributed by atoms with Crippen LogP contribution in [0.2, 0.25) is 20.1 Å². The molecule has 2 aromatic carbocycles. The minimum Gasteiger partial charge on any atom is -0.412 e. The molecule has 176 valence electrons. The maximum absolute atomic E-state index is 5.94. The first-order valence-corrected chi connectivity index (χ1v) is 12.4. The molecule has 2 saturated heterocycles. The molecular weight excluding hydrogens is 561 g/mol. The first-order valence-electron chi connectivity index (χ1n) is 9.16. The van der Waals surface area contributed by atoms with Crippen molar-refractivity contribution in [2.45, 2.75) is 33.1 Å². The normalized spacial score (nSPS) is 19.4. The van der Waals surface area contributed by atoms with E-state index in [-0.39, 0.29) is 30.3 Å². The van der Waals surface area contributed by atoms with Gasteiger partial charge in [-0.2, -0.15) is 0 Å². The Labute approximate surface area is 225 Å². The highest BCUT2D eigenvalue weighted by atomic mass is 35.5. The van der Waals surface area contributed by atoms with Crippen LogP contribution >= 0.6 is 94.7 Å². The largest absolute Gasteiger partial charge is 0.412 e. The molecular formula is C20H26Cl6N2OS2. The molecule has 0 aromatic heterocycles. The van der Waals surface area contributed by atoms with Crippen LogP contribution in [0.4, 0.5) is 0 Å². The van der Waals surface area contributed by atoms with Crippen LogP contribution in [0.25, 0.3) is 0 Å². The fourth-order valence-corrected chi connectivity index (χ4v) is 5.98. The Morgan fingerprint density at radius 3 is 1.32 bits per heavy atom. The van der Waals surface area contributed by atoms with Crippen LogP contribution in [-0.2, 0) is 0 Å². The Hall–Kier alpha value is 0.760. The molecule has 3 nitrogen and oxygen atoms in total. The van der Waals surface area contributed by atoms with E-state index >= 15 is 0 Å². The number of nitrogens with one attached hydrogen (secondary N) is 2. The molecule has 2 unspecified atom stereocenters. The van der Waals surface area contributed by atoms with E-state index in [1.807, 2.05) is 59.9 Å². The lowest BCUT2D eigenvalue weighted by atomic mass is 10.4. The zero-order valence-electron chi connectivity index (χ0n) is 16.5. The molecule has 2 fully saturated rings. The second-order valence-electron chi connectivity index (χ2n) is 6.62. The van der Waals surface area contributed by atoms with E-state index in [0.717, 1.165) is 26.2 Å². The minimum absolute atomic E-state index is 0. The van der Waals surface area contributed by atoms with E-state index in [9.17, 15) is 0 Å². The molecule has 31 heavy (non-hydrogen) atoms. The van der Waals surface area contributed by atoms with Crippen LogP contribution in [0.5, 0.6) is 0 Å². The minimum atomic E-state index is 0. The van der Waals surface area contributed by atoms with E-state index < -0.39 is 0 Å². The number of rotatable bonds is 4. The quantitative estimate of drug-likeness (QED) is 0.408. The van der Waals surface area contributed by atoms with Crippen molar-refractivity contribution in [3.05, 3.63) is 56.5 Å². The van der Waals surface area contributed by atoms with E-state index in [2.05, 4.69) is 10.6 Å². The van der Waals surface area contributed by atoms with Gasteiger partial charge in [0, 0.05) is 33.4 Å². The number of hydrogen-bond acceptors (Lipinski definition) is 4. The van der Waals surface area contributed by atoms with E-state index in [1.54, 1.807) is 0 Å². The third-order valence-electron chi connectivity index (χ3n) is 4.42. The molecule has 2 atom stereocenters. The molecule has 0 amide bonds. The molecule has 2 aromatic rings. The highest BCUT2D eigenvalue weighted by molar-refractivity contribution is 8.00. The molecule has 0 saturated carbocycles. The lowest BCUT2D eigenvalue weighted by Crippen LogP contribution is -2.09. The van der Waals surface area contributed by atoms with Gasteiger partial charge >= 0.3 is 0 Å². The van der Waals surface area contributed by atoms with Crippen molar-refractivity contribution in [2.75, 3.05) is 26.2 Å². The summed E-state index contributed by atoms with van der Waals surface area (Å²) in [7, 11) is 0. The molecule has 0 spiro atoms. The lowest BCUT2D eigenvalue weighted by Gasteiger charge is -2.08. The van der Waals surface area contributed by atoms with Crippen LogP contribution in [0, 0.1) is 0 Å². The monoisotopic (exact) mass is 584 g/mol. The van der Waals surface area contributed by atoms with Crippen molar-refractivity contribution in [3.63, 3.8) is 0 Å². The summed E-state index contributed by atoms with van der Waals surface area (Å²) < 4.78 is 0. The molecule has 0 radical (unpaired) electrons. The summed E-state index contributed by atoms with van der Waals surface area (Å²) in [4.78, 5) is 2.40. The topological polar surface area (TPSA) is 55.6 Å². The highest BCUT2D eigenvalue weighted by Gasteiger charge is 2.16. The van der Waals surface area contributed by atoms with Gasteiger partial charge in [0.1, 0.15) is 0 Å². The van der Waals surface area contributed by atoms with Gasteiger partial charge in [-0.25, -0.2) is 0 Å². The molecule has 11 heteroatoms. The smallest absolute Gasteiger partial charge is 0.0603 e. The fourth-order valence-electron chi connectivity index (χ4n) is 2.94. The summed E-state index contributed by atoms with van der Waals surface area (Å²) >= 11 is 27.3. The summed E-state index contributed by atoms with van der Waals surface area (Å²) in [5, 5.41) is 10.6. The van der Waals surface area contributed by atoms with Crippen molar-refractivity contribution in [1.29, 1.82) is 0 Å². The fraction of sp³-hybridized carbons (Fsp3) is 0.400. The second kappa shape index (κ2) is 16.4. The molecule has 0 bridgehead atoms. The third kappa shape index (κ3) is 10.7. The van der Waals surface area contributed by atoms with E-state index in [1.165, 1.54) is 22.6 Å². The Balaban J connectivity index is 0.000000529. The Morgan fingerprint density at radius 2 is 1.03 bits per heavy atom. The van der Waals surface area contributed by atoms with Crippen LogP contribution in [0.1, 0.15) is 12.8 Å². The Morgan fingerprint density at radius 1 is 0.645 bits per heavy atom. The Kier molecular flexibility index (Phi) is 16.8. The van der Waals surface area contributed by atoms with Crippen LogP contribution in [0.3, 0.4) is 0 Å². The Bertz CT molecular complexity index is 725. The second-order valence-corrected chi connectivity index (χ2v) is 11.0. The van der Waals surface area contributed by atoms with Crippen molar-refractivity contribution in [3.8, 4) is 0 Å². The lowest BCUT2D eigenvalue weighted by molar-refractivity contribution is 0.824. The first-order chi connectivity index (χ1) is 13.5. The summed E-state index contributed by atoms with van der Waals surface area (Å²) in [5.74, 6) is 0. The summed E-state index contributed by atoms with van der Waals surface area (Å²) in [6, 6.07) is 11.6. The van der Waals surface area contributed by atoms with E-state index in [4.69, 9.17) is 46.4 Å². The third-order valence-corrected chi connectivity index (χ3v) is 8.42. The van der Waals surface area contributed by atoms with Crippen LogP contribution < -0.4 is 10.6 Å². The van der Waals surface area contributed by atoms with Crippen LogP contribution in [-0.4, -0.2) is 42.2 Å². The molecule has 2 aliphatic heterocycles. The number of halogens is 6. The molecule has 0 aliphatic carbocycles. The molecule has 2 heterocycles. The first kappa shape index (κ1) is 31.8. The zero-order chi connectivity index (χ0) is 19.9. The van der Waals surface area contributed by atoms with Crippen molar-refractivity contribution >= 4 is 94.7 Å². The van der Waals surface area contributed by atoms with Gasteiger partial charge in [-0.15, -0.1) is 48.3 Å². The van der Waals surface area contributed by atoms with Gasteiger partial charge < -0.3 is 16.1 Å². The highest BCUT2D eigenvalue weighted by Crippen LogP contribution is 2.33. The summed E-state index contributed by atoms with van der Waals surface area (Å²) in [6.45, 7) is 4.42. The van der Waals surface area contributed by atoms with Gasteiger partial charge in [-0.3, -0.25) is 0 Å². The number of benzene rings is 2. The van der Waals surface area contributed by atoms with Crippen molar-refractivity contribution in [2.24, 2.45) is 0 Å². The van der Waals surface area contributed by atoms with E-state index in [0.29, 0.717) is 30.6 Å². The predicted molar refractivity (Wildman–Crippen MR) is 145 cm³/mol. The predicted octanol–water partition coefficient (Wildman–Crippen LogP) is 6.91. The average molecular weight is 587 g/mol. The van der Waals surface area contributed by atoms with Crippen LogP contribution in [0.15, 0.2) is 46.2 Å². The average Bonchev–Trinajstić information content (AvgIpc) is 3.36. The summed E-state index contributed by atoms with van der Waals surface area (Å²) in [6.07, 6.45) is 2.45. The molecule has 2 aliphatic rings. The van der Waals surface area contributed by atoms with Crippen molar-refractivity contribution in [1.82, 2.24) is 10.6 Å².